The van der Waals surface area contributed by atoms with Gasteiger partial charge in [-0.2, -0.15) is 0 Å². The Hall–Kier alpha value is -11.1. The van der Waals surface area contributed by atoms with Crippen LogP contribution in [0, 0.1) is 5.92 Å². The largest absolute Gasteiger partial charge is 0.350 e. The van der Waals surface area contributed by atoms with E-state index in [0.29, 0.717) is 46.2 Å². The minimum absolute atomic E-state index is 0.00746. The Balaban J connectivity index is 0.670. The van der Waals surface area contributed by atoms with E-state index in [-0.39, 0.29) is 76.8 Å². The van der Waals surface area contributed by atoms with Crippen molar-refractivity contribution < 1.29 is 43.2 Å². The zero-order valence-electron chi connectivity index (χ0n) is 47.8. The number of rotatable bonds is 17. The minimum Gasteiger partial charge on any atom is -0.350 e. The Bertz CT molecular complexity index is 4150. The first-order chi connectivity index (χ1) is 40.4. The number of fused-ring (bicyclic) bond motifs is 3. The molecule has 27 heteroatoms. The maximum Gasteiger partial charge on any atom is 0.292 e. The number of nitrogens with zero attached hydrogens (tertiary/aromatic N) is 11. The van der Waals surface area contributed by atoms with Crippen LogP contribution in [0.15, 0.2) is 116 Å². The second-order valence-corrected chi connectivity index (χ2v) is 21.1. The second kappa shape index (κ2) is 22.7. The van der Waals surface area contributed by atoms with Gasteiger partial charge in [-0.05, 0) is 48.7 Å². The molecule has 85 heavy (non-hydrogen) atoms. The number of likely N-dealkylation sites (tertiary alicyclic amines) is 1. The summed E-state index contributed by atoms with van der Waals surface area (Å²) < 4.78 is 10.7. The van der Waals surface area contributed by atoms with Crippen molar-refractivity contribution in [2.24, 2.45) is 55.3 Å². The predicted octanol–water partition coefficient (Wildman–Crippen LogP) is 4.79. The number of allylic oxidation sites excluding steroid dienone is 2. The number of imidazole rings is 3. The van der Waals surface area contributed by atoms with Crippen molar-refractivity contribution in [2.75, 3.05) is 45.0 Å². The molecule has 0 spiro atoms. The molecule has 10 rings (SSSR count). The Morgan fingerprint density at radius 2 is 1.09 bits per heavy atom. The fourth-order valence-corrected chi connectivity index (χ4v) is 10.5. The van der Waals surface area contributed by atoms with Gasteiger partial charge in [-0.15, -0.1) is 0 Å². The molecule has 2 atom stereocenters. The van der Waals surface area contributed by atoms with Crippen LogP contribution in [-0.2, 0) is 64.3 Å². The molecule has 8 amide bonds. The third-order valence-electron chi connectivity index (χ3n) is 15.1. The van der Waals surface area contributed by atoms with Crippen LogP contribution in [0.1, 0.15) is 105 Å². The molecule has 0 radical (unpaired) electrons. The molecule has 27 nitrogen and oxygen atoms in total. The van der Waals surface area contributed by atoms with Gasteiger partial charge in [0, 0.05) is 153 Å². The molecule has 1 aliphatic carbocycles. The summed E-state index contributed by atoms with van der Waals surface area (Å²) in [6.07, 6.45) is 16.9. The molecule has 8 heterocycles. The van der Waals surface area contributed by atoms with E-state index in [4.69, 9.17) is 0 Å². The molecule has 2 aliphatic rings. The van der Waals surface area contributed by atoms with Crippen LogP contribution >= 0.6 is 0 Å². The highest BCUT2D eigenvalue weighted by Gasteiger charge is 2.51. The third-order valence-corrected chi connectivity index (χ3v) is 15.1. The highest BCUT2D eigenvalue weighted by molar-refractivity contribution is 6.10. The van der Waals surface area contributed by atoms with Crippen LogP contribution in [0.4, 0.5) is 34.4 Å². The van der Waals surface area contributed by atoms with Gasteiger partial charge >= 0.3 is 0 Å². The Labute approximate surface area is 485 Å². The number of benzene rings is 1. The maximum atomic E-state index is 13.7. The summed E-state index contributed by atoms with van der Waals surface area (Å²) in [5, 5.41) is 19.0. The molecule has 7 aromatic heterocycles. The third kappa shape index (κ3) is 11.4. The first kappa shape index (κ1) is 57.1. The van der Waals surface area contributed by atoms with E-state index in [2.05, 4.69) is 66.0 Å². The molecule has 436 valence electrons. The summed E-state index contributed by atoms with van der Waals surface area (Å²) in [5.41, 5.74) is 4.33. The molecule has 0 saturated carbocycles. The predicted molar refractivity (Wildman–Crippen MR) is 313 cm³/mol. The lowest BCUT2D eigenvalue weighted by atomic mass is 9.68. The number of hydrogen-bond acceptors (Lipinski definition) is 12. The van der Waals surface area contributed by atoms with Crippen LogP contribution in [-0.4, -0.2) is 118 Å². The van der Waals surface area contributed by atoms with Gasteiger partial charge in [0.2, 0.25) is 17.6 Å². The number of carbonyl (C=O) groups is 9. The normalized spacial score (nSPS) is 15.3. The van der Waals surface area contributed by atoms with Crippen LogP contribution in [0.25, 0.3) is 6.08 Å². The number of carbonyl (C=O) groups excluding carboxylic acids is 9. The molecular weight excluding hydrogens is 1090 g/mol. The monoisotopic (exact) mass is 1150 g/mol. The Morgan fingerprint density at radius 3 is 1.66 bits per heavy atom. The number of aryl methyl sites for hydroxylation is 7. The van der Waals surface area contributed by atoms with E-state index in [1.165, 1.54) is 73.5 Å². The van der Waals surface area contributed by atoms with Crippen molar-refractivity contribution in [3.05, 3.63) is 167 Å². The van der Waals surface area contributed by atoms with Crippen molar-refractivity contribution in [1.29, 1.82) is 0 Å². The van der Waals surface area contributed by atoms with E-state index in [1.807, 2.05) is 24.3 Å². The quantitative estimate of drug-likeness (QED) is 0.0606. The number of ketones is 1. The molecule has 0 unspecified atom stereocenters. The van der Waals surface area contributed by atoms with Gasteiger partial charge in [-0.25, -0.2) is 15.0 Å². The zero-order valence-corrected chi connectivity index (χ0v) is 47.8. The van der Waals surface area contributed by atoms with Gasteiger partial charge in [0.15, 0.2) is 23.2 Å². The van der Waals surface area contributed by atoms with Gasteiger partial charge in [-0.3, -0.25) is 43.2 Å². The van der Waals surface area contributed by atoms with Crippen molar-refractivity contribution in [3.63, 3.8) is 0 Å². The van der Waals surface area contributed by atoms with E-state index < -0.39 is 46.8 Å². The molecule has 7 N–H and O–H groups in total. The van der Waals surface area contributed by atoms with Gasteiger partial charge in [0.25, 0.3) is 41.4 Å². The zero-order chi connectivity index (χ0) is 60.8. The number of nitrogens with one attached hydrogen (secondary N) is 7. The summed E-state index contributed by atoms with van der Waals surface area (Å²) in [5.74, 6) is -3.75. The molecule has 1 fully saturated rings. The molecule has 0 bridgehead atoms. The lowest BCUT2D eigenvalue weighted by Crippen LogP contribution is -2.35. The lowest BCUT2D eigenvalue weighted by Gasteiger charge is -2.35. The smallest absolute Gasteiger partial charge is 0.292 e. The topological polar surface area (TPSA) is 314 Å². The Kier molecular flexibility index (Phi) is 15.2. The standard InChI is InChI=1S/C58H60N18O9/c1-32-25-76(44-24-43(77)38-12-10-11-13-39(38)58(32,44)2)48(79)15-14-37-20-33(26-70(37)4)61-53(81)41-22-35(28-72(41)6)63-56(84)50-66-45(30-74(50)8)65-47(78)16-17-60-52(80)40-21-34(27-71(40)5)62-54(82)42-23-36(29-73(42)7)64-57(85)51-67-46(31-75(51)9)68-55(83)49-59-18-19-69(49)3/h10-15,18-24,26-32H,16-17,25H2,1-9H3,(H,60,80)(H,61,81)(H,62,82)(H,63,84)(H,64,85)(H,65,78)(H,68,83)/t32-,58-/m1/s1. The second-order valence-electron chi connectivity index (χ2n) is 21.1. The van der Waals surface area contributed by atoms with Gasteiger partial charge in [-0.1, -0.05) is 31.2 Å². The number of amides is 8. The molecule has 8 aromatic rings. The van der Waals surface area contributed by atoms with Crippen molar-refractivity contribution in [1.82, 2.24) is 57.1 Å². The lowest BCUT2D eigenvalue weighted by molar-refractivity contribution is -0.123. The first-order valence-corrected chi connectivity index (χ1v) is 26.7. The molecule has 1 saturated heterocycles. The van der Waals surface area contributed by atoms with E-state index in [9.17, 15) is 43.2 Å². The SMILES string of the molecule is C[C@@H]1CN(C(=O)C=Cc2cc(NC(=O)c3cc(NC(=O)c4nc(NC(=O)CCNC(=O)c5cc(NC(=O)c6cc(NC(=O)c7nc(NC(=O)c8nccn8C)cn7C)cn6C)cn5C)cn4C)cn3C)cn2C)C2=CC(=O)c3ccccc3[C@]21C. The number of aromatic nitrogens is 10. The van der Waals surface area contributed by atoms with Crippen molar-refractivity contribution in [2.45, 2.75) is 25.7 Å². The summed E-state index contributed by atoms with van der Waals surface area (Å²) in [4.78, 5) is 133. The summed E-state index contributed by atoms with van der Waals surface area (Å²) in [7, 11) is 11.5. The fraction of sp³-hybridized carbons (Fsp3) is 0.241. The van der Waals surface area contributed by atoms with E-state index in [0.717, 1.165) is 5.56 Å². The van der Waals surface area contributed by atoms with Crippen LogP contribution in [0.3, 0.4) is 0 Å². The Morgan fingerprint density at radius 1 is 0.588 bits per heavy atom. The average Bonchev–Trinajstić information content (AvgIpc) is 1.82. The van der Waals surface area contributed by atoms with Crippen molar-refractivity contribution in [3.8, 4) is 0 Å². The van der Waals surface area contributed by atoms with Crippen LogP contribution in [0.5, 0.6) is 0 Å². The summed E-state index contributed by atoms with van der Waals surface area (Å²) in [6, 6.07) is 13.7. The first-order valence-electron chi connectivity index (χ1n) is 26.7. The molecule has 1 aromatic carbocycles. The van der Waals surface area contributed by atoms with Crippen molar-refractivity contribution >= 4 is 93.5 Å². The van der Waals surface area contributed by atoms with E-state index >= 15 is 0 Å². The summed E-state index contributed by atoms with van der Waals surface area (Å²) >= 11 is 0. The van der Waals surface area contributed by atoms with Crippen LogP contribution < -0.4 is 37.2 Å². The highest BCUT2D eigenvalue weighted by Crippen LogP contribution is 2.50. The van der Waals surface area contributed by atoms with Gasteiger partial charge in [0.1, 0.15) is 17.1 Å². The van der Waals surface area contributed by atoms with Gasteiger partial charge in [0.05, 0.1) is 22.7 Å². The van der Waals surface area contributed by atoms with Gasteiger partial charge < -0.3 is 74.1 Å². The number of hydrogen-bond donors (Lipinski definition) is 7. The molecular formula is C58H60N18O9. The fourth-order valence-electron chi connectivity index (χ4n) is 10.5. The maximum absolute atomic E-state index is 13.7. The molecule has 1 aliphatic heterocycles. The average molecular weight is 1150 g/mol. The number of anilines is 6. The highest BCUT2D eigenvalue weighted by atomic mass is 16.2. The minimum atomic E-state index is -0.621. The summed E-state index contributed by atoms with van der Waals surface area (Å²) in [6.45, 7) is 4.53. The van der Waals surface area contributed by atoms with Crippen LogP contribution in [0.2, 0.25) is 0 Å². The van der Waals surface area contributed by atoms with E-state index in [1.54, 1.807) is 105 Å².